The Hall–Kier alpha value is -3.03. The minimum Gasteiger partial charge on any atom is -0.489 e. The van der Waals surface area contributed by atoms with Crippen molar-refractivity contribution in [2.45, 2.75) is 51.7 Å². The Morgan fingerprint density at radius 3 is 2.59 bits per heavy atom. The zero-order valence-electron chi connectivity index (χ0n) is 19.3. The number of ether oxygens (including phenoxy) is 1. The average molecular weight is 435 g/mol. The van der Waals surface area contributed by atoms with E-state index in [4.69, 9.17) is 15.5 Å². The minimum absolute atomic E-state index is 0.0692. The number of Topliss-reactive ketones (excluding diaryl/α,β-unsaturated/α-hetero) is 1. The minimum atomic E-state index is -1.32. The molecule has 0 amide bonds. The van der Waals surface area contributed by atoms with Gasteiger partial charge in [-0.05, 0) is 46.2 Å². The van der Waals surface area contributed by atoms with Gasteiger partial charge in [-0.1, -0.05) is 29.8 Å². The molecular formula is C25H30N4O3. The van der Waals surface area contributed by atoms with Gasteiger partial charge < -0.3 is 15.6 Å². The first kappa shape index (κ1) is 22.2. The van der Waals surface area contributed by atoms with Crippen LogP contribution in [-0.4, -0.2) is 32.3 Å². The van der Waals surface area contributed by atoms with Crippen LogP contribution in [0.25, 0.3) is 11.3 Å². The smallest absolute Gasteiger partial charge is 0.180 e. The molecule has 2 aromatic heterocycles. The molecule has 0 spiro atoms. The Morgan fingerprint density at radius 2 is 1.97 bits per heavy atom. The maximum atomic E-state index is 12.7. The Kier molecular flexibility index (Phi) is 5.43. The summed E-state index contributed by atoms with van der Waals surface area (Å²) >= 11 is 0. The fourth-order valence-corrected chi connectivity index (χ4v) is 4.07. The molecule has 7 nitrogen and oxygen atoms in total. The van der Waals surface area contributed by atoms with E-state index in [1.54, 1.807) is 24.7 Å². The maximum absolute atomic E-state index is 12.7. The van der Waals surface area contributed by atoms with Gasteiger partial charge in [0.05, 0.1) is 16.9 Å². The van der Waals surface area contributed by atoms with Crippen LogP contribution in [0.5, 0.6) is 5.75 Å². The first-order chi connectivity index (χ1) is 15.0. The van der Waals surface area contributed by atoms with Crippen LogP contribution in [-0.2, 0) is 18.2 Å². The number of carbonyl (C=O) groups is 1. The molecule has 3 heterocycles. The molecule has 1 aliphatic heterocycles. The summed E-state index contributed by atoms with van der Waals surface area (Å²) in [6.07, 6.45) is 0.387. The standard InChI is InChI=1S/C25H30N4O3/c1-15-6-8-17(9-7-15)22-23-18(24(3,26)14-32-23)13-21(27-22)25(4,31)11-10-20(30)19-12-16(2)28-29(19)5/h6-9,12-13,31H,10-11,14,26H2,1-5H3. The van der Waals surface area contributed by atoms with E-state index in [2.05, 4.69) is 5.10 Å². The molecule has 0 saturated carbocycles. The topological polar surface area (TPSA) is 103 Å². The first-order valence-corrected chi connectivity index (χ1v) is 10.8. The van der Waals surface area contributed by atoms with Crippen molar-refractivity contribution >= 4 is 5.78 Å². The number of rotatable bonds is 6. The highest BCUT2D eigenvalue weighted by atomic mass is 16.5. The zero-order chi connectivity index (χ0) is 23.3. The summed E-state index contributed by atoms with van der Waals surface area (Å²) in [5.41, 5.74) is 9.77. The predicted octanol–water partition coefficient (Wildman–Crippen LogP) is 3.54. The maximum Gasteiger partial charge on any atom is 0.180 e. The number of nitrogens with two attached hydrogens (primary N) is 1. The number of aryl methyl sites for hydroxylation is 3. The van der Waals surface area contributed by atoms with Gasteiger partial charge in [0.25, 0.3) is 0 Å². The van der Waals surface area contributed by atoms with Crippen LogP contribution in [0.4, 0.5) is 0 Å². The van der Waals surface area contributed by atoms with Gasteiger partial charge in [0.15, 0.2) is 11.5 Å². The highest BCUT2D eigenvalue weighted by Crippen LogP contribution is 2.43. The van der Waals surface area contributed by atoms with Crippen LogP contribution in [0.15, 0.2) is 36.4 Å². The van der Waals surface area contributed by atoms with Crippen LogP contribution >= 0.6 is 0 Å². The number of pyridine rings is 1. The third-order valence-electron chi connectivity index (χ3n) is 6.11. The quantitative estimate of drug-likeness (QED) is 0.575. The molecular weight excluding hydrogens is 404 g/mol. The molecule has 0 radical (unpaired) electrons. The molecule has 4 rings (SSSR count). The van der Waals surface area contributed by atoms with Gasteiger partial charge in [-0.3, -0.25) is 9.48 Å². The molecule has 0 fully saturated rings. The van der Waals surface area contributed by atoms with E-state index in [0.29, 0.717) is 29.4 Å². The summed E-state index contributed by atoms with van der Waals surface area (Å²) in [5, 5.41) is 15.6. The lowest BCUT2D eigenvalue weighted by Gasteiger charge is -2.25. The molecule has 7 heteroatoms. The number of benzene rings is 1. The summed E-state index contributed by atoms with van der Waals surface area (Å²) in [6.45, 7) is 7.81. The van der Waals surface area contributed by atoms with Crippen molar-refractivity contribution in [3.63, 3.8) is 0 Å². The summed E-state index contributed by atoms with van der Waals surface area (Å²) in [5.74, 6) is 0.583. The van der Waals surface area contributed by atoms with Crippen molar-refractivity contribution in [3.8, 4) is 17.0 Å². The van der Waals surface area contributed by atoms with E-state index in [-0.39, 0.29) is 18.6 Å². The van der Waals surface area contributed by atoms with E-state index in [1.807, 2.05) is 51.1 Å². The number of nitrogens with zero attached hydrogens (tertiary/aromatic N) is 3. The van der Waals surface area contributed by atoms with Crippen LogP contribution in [0.2, 0.25) is 0 Å². The largest absolute Gasteiger partial charge is 0.489 e. The van der Waals surface area contributed by atoms with Gasteiger partial charge in [-0.25, -0.2) is 4.98 Å². The third-order valence-corrected chi connectivity index (χ3v) is 6.11. The second-order valence-corrected chi connectivity index (χ2v) is 9.30. The van der Waals surface area contributed by atoms with Crippen LogP contribution in [0.3, 0.4) is 0 Å². The molecule has 0 bridgehead atoms. The van der Waals surface area contributed by atoms with E-state index in [0.717, 1.165) is 22.4 Å². The molecule has 3 N–H and O–H groups in total. The van der Waals surface area contributed by atoms with Gasteiger partial charge in [0.2, 0.25) is 0 Å². The molecule has 2 atom stereocenters. The summed E-state index contributed by atoms with van der Waals surface area (Å²) in [6, 6.07) is 11.6. The molecule has 3 aromatic rings. The lowest BCUT2D eigenvalue weighted by atomic mass is 9.88. The molecule has 32 heavy (non-hydrogen) atoms. The summed E-state index contributed by atoms with van der Waals surface area (Å²) in [4.78, 5) is 17.5. The van der Waals surface area contributed by atoms with Gasteiger partial charge in [-0.2, -0.15) is 5.10 Å². The second-order valence-electron chi connectivity index (χ2n) is 9.30. The first-order valence-electron chi connectivity index (χ1n) is 10.8. The number of ketones is 1. The van der Waals surface area contributed by atoms with E-state index in [9.17, 15) is 9.90 Å². The molecule has 1 aliphatic rings. The number of aromatic nitrogens is 3. The summed E-state index contributed by atoms with van der Waals surface area (Å²) < 4.78 is 7.51. The van der Waals surface area contributed by atoms with Crippen molar-refractivity contribution in [2.24, 2.45) is 12.8 Å². The highest BCUT2D eigenvalue weighted by Gasteiger charge is 2.38. The fraction of sp³-hybridized carbons (Fsp3) is 0.400. The SMILES string of the molecule is Cc1ccc(-c2nc(C(C)(O)CCC(=O)c3cc(C)nn3C)cc3c2OCC3(C)N)cc1. The lowest BCUT2D eigenvalue weighted by molar-refractivity contribution is 0.0395. The molecule has 1 aromatic carbocycles. The second kappa shape index (κ2) is 7.83. The Balaban J connectivity index is 1.69. The number of carbonyl (C=O) groups excluding carboxylic acids is 1. The number of aliphatic hydroxyl groups is 1. The van der Waals surface area contributed by atoms with Crippen LogP contribution in [0, 0.1) is 13.8 Å². The van der Waals surface area contributed by atoms with E-state index >= 15 is 0 Å². The molecule has 0 aliphatic carbocycles. The highest BCUT2D eigenvalue weighted by molar-refractivity contribution is 5.94. The van der Waals surface area contributed by atoms with Crippen molar-refractivity contribution in [2.75, 3.05) is 6.61 Å². The fourth-order valence-electron chi connectivity index (χ4n) is 4.07. The normalized spacial score (nSPS) is 19.3. The lowest BCUT2D eigenvalue weighted by Crippen LogP contribution is -2.35. The van der Waals surface area contributed by atoms with Gasteiger partial charge in [0, 0.05) is 24.6 Å². The van der Waals surface area contributed by atoms with Gasteiger partial charge in [0.1, 0.15) is 23.6 Å². The van der Waals surface area contributed by atoms with Crippen LogP contribution in [0.1, 0.15) is 59.7 Å². The Labute approximate surface area is 188 Å². The van der Waals surface area contributed by atoms with Crippen LogP contribution < -0.4 is 10.5 Å². The van der Waals surface area contributed by atoms with Crippen molar-refractivity contribution in [3.05, 3.63) is 64.6 Å². The molecule has 2 unspecified atom stereocenters. The Bertz CT molecular complexity index is 1180. The van der Waals surface area contributed by atoms with Crippen molar-refractivity contribution < 1.29 is 14.6 Å². The number of hydrogen-bond donors (Lipinski definition) is 2. The monoisotopic (exact) mass is 434 g/mol. The molecule has 168 valence electrons. The van der Waals surface area contributed by atoms with Gasteiger partial charge >= 0.3 is 0 Å². The van der Waals surface area contributed by atoms with E-state index in [1.165, 1.54) is 0 Å². The summed E-state index contributed by atoms with van der Waals surface area (Å²) in [7, 11) is 1.75. The van der Waals surface area contributed by atoms with Crippen molar-refractivity contribution in [1.29, 1.82) is 0 Å². The predicted molar refractivity (Wildman–Crippen MR) is 123 cm³/mol. The number of fused-ring (bicyclic) bond motifs is 1. The zero-order valence-corrected chi connectivity index (χ0v) is 19.3. The Morgan fingerprint density at radius 1 is 1.28 bits per heavy atom. The van der Waals surface area contributed by atoms with Gasteiger partial charge in [-0.15, -0.1) is 0 Å². The molecule has 0 saturated heterocycles. The van der Waals surface area contributed by atoms with E-state index < -0.39 is 11.1 Å². The number of hydrogen-bond acceptors (Lipinski definition) is 6. The third kappa shape index (κ3) is 4.06. The van der Waals surface area contributed by atoms with Crippen molar-refractivity contribution in [1.82, 2.24) is 14.8 Å². The average Bonchev–Trinajstić information content (AvgIpc) is 3.24.